The van der Waals surface area contributed by atoms with E-state index in [1.165, 1.54) is 16.8 Å². The Hall–Kier alpha value is -2.45. The number of nitrogens with zero attached hydrogens (tertiary/aromatic N) is 2. The number of carbonyl (C=O) groups is 2. The minimum absolute atomic E-state index is 0.0775. The van der Waals surface area contributed by atoms with Crippen LogP contribution in [0, 0.1) is 13.8 Å². The molecule has 2 heterocycles. The molecular formula is C23H29N3O4S. The first-order chi connectivity index (χ1) is 14.7. The molecule has 1 aromatic carbocycles. The first-order valence-electron chi connectivity index (χ1n) is 10.8. The van der Waals surface area contributed by atoms with Gasteiger partial charge in [-0.2, -0.15) is 4.31 Å². The maximum absolute atomic E-state index is 13.2. The van der Waals surface area contributed by atoms with E-state index >= 15 is 0 Å². The summed E-state index contributed by atoms with van der Waals surface area (Å²) in [6.45, 7) is 6.18. The molecule has 166 valence electrons. The zero-order valence-corrected chi connectivity index (χ0v) is 19.1. The minimum Gasteiger partial charge on any atom is -0.354 e. The highest BCUT2D eigenvalue weighted by Gasteiger charge is 2.32. The fraction of sp³-hybridized carbons (Fsp3) is 0.478. The van der Waals surface area contributed by atoms with Gasteiger partial charge in [-0.25, -0.2) is 8.42 Å². The van der Waals surface area contributed by atoms with Gasteiger partial charge >= 0.3 is 0 Å². The molecule has 2 aromatic rings. The molecule has 4 rings (SSSR count). The summed E-state index contributed by atoms with van der Waals surface area (Å²) in [5.74, 6) is -0.273. The maximum atomic E-state index is 13.2. The molecule has 1 fully saturated rings. The summed E-state index contributed by atoms with van der Waals surface area (Å²) in [5, 5.41) is 0. The van der Waals surface area contributed by atoms with Gasteiger partial charge in [-0.05, 0) is 75.3 Å². The third-order valence-corrected chi connectivity index (χ3v) is 8.38. The molecule has 0 radical (unpaired) electrons. The Morgan fingerprint density at radius 2 is 1.61 bits per heavy atom. The van der Waals surface area contributed by atoms with Crippen LogP contribution in [0.5, 0.6) is 0 Å². The van der Waals surface area contributed by atoms with Crippen LogP contribution in [0.1, 0.15) is 63.0 Å². The lowest BCUT2D eigenvalue weighted by Crippen LogP contribution is -2.50. The number of rotatable bonds is 4. The Morgan fingerprint density at radius 3 is 2.23 bits per heavy atom. The Kier molecular flexibility index (Phi) is 5.79. The van der Waals surface area contributed by atoms with Gasteiger partial charge in [-0.15, -0.1) is 0 Å². The first kappa shape index (κ1) is 21.8. The van der Waals surface area contributed by atoms with E-state index in [1.54, 1.807) is 24.8 Å². The van der Waals surface area contributed by atoms with Gasteiger partial charge in [-0.1, -0.05) is 6.07 Å². The van der Waals surface area contributed by atoms with Crippen LogP contribution < -0.4 is 0 Å². The Morgan fingerprint density at radius 1 is 0.968 bits per heavy atom. The number of H-pyrrole nitrogens is 1. The van der Waals surface area contributed by atoms with Crippen molar-refractivity contribution in [2.24, 2.45) is 0 Å². The third kappa shape index (κ3) is 3.94. The second kappa shape index (κ2) is 8.24. The smallest absolute Gasteiger partial charge is 0.270 e. The van der Waals surface area contributed by atoms with Crippen LogP contribution in [0.4, 0.5) is 0 Å². The lowest BCUT2D eigenvalue weighted by atomic mass is 9.92. The number of aromatic nitrogens is 1. The highest BCUT2D eigenvalue weighted by molar-refractivity contribution is 7.89. The summed E-state index contributed by atoms with van der Waals surface area (Å²) in [4.78, 5) is 29.9. The zero-order valence-electron chi connectivity index (χ0n) is 18.3. The van der Waals surface area contributed by atoms with Gasteiger partial charge in [0.2, 0.25) is 10.0 Å². The van der Waals surface area contributed by atoms with Crippen molar-refractivity contribution in [3.63, 3.8) is 0 Å². The third-order valence-electron chi connectivity index (χ3n) is 6.49. The van der Waals surface area contributed by atoms with Crippen molar-refractivity contribution in [3.8, 4) is 0 Å². The predicted octanol–water partition coefficient (Wildman–Crippen LogP) is 2.86. The van der Waals surface area contributed by atoms with Crippen molar-refractivity contribution >= 4 is 21.7 Å². The van der Waals surface area contributed by atoms with Gasteiger partial charge in [0.05, 0.1) is 4.90 Å². The number of hydrogen-bond acceptors (Lipinski definition) is 4. The fourth-order valence-corrected chi connectivity index (χ4v) is 6.27. The number of Topliss-reactive ketones (excluding diaryl/α,β-unsaturated/α-hetero) is 1. The van der Waals surface area contributed by atoms with Crippen LogP contribution >= 0.6 is 0 Å². The van der Waals surface area contributed by atoms with Crippen molar-refractivity contribution < 1.29 is 18.0 Å². The Labute approximate surface area is 183 Å². The lowest BCUT2D eigenvalue weighted by Gasteiger charge is -2.34. The van der Waals surface area contributed by atoms with E-state index in [0.717, 1.165) is 31.2 Å². The van der Waals surface area contributed by atoms with Crippen LogP contribution in [0.3, 0.4) is 0 Å². The summed E-state index contributed by atoms with van der Waals surface area (Å²) >= 11 is 0. The summed E-state index contributed by atoms with van der Waals surface area (Å²) < 4.78 is 27.8. The molecule has 1 saturated heterocycles. The molecule has 8 heteroatoms. The van der Waals surface area contributed by atoms with Crippen LogP contribution in [-0.4, -0.2) is 60.5 Å². The van der Waals surface area contributed by atoms with Gasteiger partial charge in [0.25, 0.3) is 5.91 Å². The van der Waals surface area contributed by atoms with E-state index in [9.17, 15) is 18.0 Å². The van der Waals surface area contributed by atoms with Crippen molar-refractivity contribution in [1.29, 1.82) is 0 Å². The molecule has 1 aromatic heterocycles. The molecule has 1 amide bonds. The van der Waals surface area contributed by atoms with E-state index in [1.807, 2.05) is 12.1 Å². The summed E-state index contributed by atoms with van der Waals surface area (Å²) in [5.41, 5.74) is 4.69. The average molecular weight is 444 g/mol. The number of ketones is 1. The van der Waals surface area contributed by atoms with Gasteiger partial charge < -0.3 is 9.88 Å². The van der Waals surface area contributed by atoms with Crippen molar-refractivity contribution in [2.45, 2.75) is 51.3 Å². The average Bonchev–Trinajstić information content (AvgIpc) is 3.07. The van der Waals surface area contributed by atoms with E-state index < -0.39 is 10.0 Å². The van der Waals surface area contributed by atoms with Gasteiger partial charge in [-0.3, -0.25) is 9.59 Å². The number of nitrogens with one attached hydrogen (secondary N) is 1. The largest absolute Gasteiger partial charge is 0.354 e. The predicted molar refractivity (Wildman–Crippen MR) is 118 cm³/mol. The quantitative estimate of drug-likeness (QED) is 0.736. The van der Waals surface area contributed by atoms with Crippen molar-refractivity contribution in [2.75, 3.05) is 26.2 Å². The Bertz CT molecular complexity index is 1140. The standard InChI is InChI=1S/C23H29N3O4S/c1-15-21(17(3)27)16(2)24-22(15)23(28)25-10-12-26(13-11-25)31(29,30)20-9-8-18-6-4-5-7-19(18)14-20/h8-9,14,24H,4-7,10-13H2,1-3H3. The molecule has 1 N–H and O–H groups in total. The van der Waals surface area contributed by atoms with Crippen LogP contribution in [0.2, 0.25) is 0 Å². The Balaban J connectivity index is 1.48. The van der Waals surface area contributed by atoms with E-state index in [-0.39, 0.29) is 24.8 Å². The molecule has 2 aliphatic rings. The topological polar surface area (TPSA) is 90.6 Å². The second-order valence-electron chi connectivity index (χ2n) is 8.52. The minimum atomic E-state index is -3.59. The molecule has 0 spiro atoms. The van der Waals surface area contributed by atoms with Crippen LogP contribution in [0.15, 0.2) is 23.1 Å². The normalized spacial score (nSPS) is 17.5. The molecule has 0 saturated carbocycles. The second-order valence-corrected chi connectivity index (χ2v) is 10.5. The number of benzene rings is 1. The van der Waals surface area contributed by atoms with E-state index in [2.05, 4.69) is 4.98 Å². The van der Waals surface area contributed by atoms with Crippen LogP contribution in [0.25, 0.3) is 0 Å². The SMILES string of the molecule is CC(=O)c1c(C)[nH]c(C(=O)N2CCN(S(=O)(=O)c3ccc4c(c3)CCCC4)CC2)c1C. The number of hydrogen-bond donors (Lipinski definition) is 1. The fourth-order valence-electron chi connectivity index (χ4n) is 4.80. The molecule has 0 atom stereocenters. The van der Waals surface area contributed by atoms with E-state index in [0.29, 0.717) is 40.5 Å². The van der Waals surface area contributed by atoms with Gasteiger partial charge in [0, 0.05) is 37.4 Å². The molecular weight excluding hydrogens is 414 g/mol. The molecule has 1 aliphatic heterocycles. The summed E-state index contributed by atoms with van der Waals surface area (Å²) in [6, 6.07) is 5.49. The number of aromatic amines is 1. The lowest BCUT2D eigenvalue weighted by molar-refractivity contribution is 0.0691. The number of aryl methyl sites for hydroxylation is 3. The monoisotopic (exact) mass is 443 g/mol. The van der Waals surface area contributed by atoms with E-state index in [4.69, 9.17) is 0 Å². The van der Waals surface area contributed by atoms with Crippen molar-refractivity contribution in [3.05, 3.63) is 51.8 Å². The highest BCUT2D eigenvalue weighted by atomic mass is 32.2. The number of amides is 1. The molecule has 31 heavy (non-hydrogen) atoms. The molecule has 7 nitrogen and oxygen atoms in total. The number of fused-ring (bicyclic) bond motifs is 1. The summed E-state index contributed by atoms with van der Waals surface area (Å²) in [7, 11) is -3.59. The highest BCUT2D eigenvalue weighted by Crippen LogP contribution is 2.27. The number of piperazine rings is 1. The first-order valence-corrected chi connectivity index (χ1v) is 12.3. The maximum Gasteiger partial charge on any atom is 0.270 e. The van der Waals surface area contributed by atoms with Gasteiger partial charge in [0.15, 0.2) is 5.78 Å². The molecule has 0 unspecified atom stereocenters. The van der Waals surface area contributed by atoms with Crippen molar-refractivity contribution in [1.82, 2.24) is 14.2 Å². The molecule has 1 aliphatic carbocycles. The van der Waals surface area contributed by atoms with Gasteiger partial charge in [0.1, 0.15) is 5.69 Å². The number of carbonyl (C=O) groups excluding carboxylic acids is 2. The number of sulfonamides is 1. The summed E-state index contributed by atoms with van der Waals surface area (Å²) in [6.07, 6.45) is 4.20. The van der Waals surface area contributed by atoms with Crippen LogP contribution in [-0.2, 0) is 22.9 Å². The zero-order chi connectivity index (χ0) is 22.3. The molecule has 0 bridgehead atoms.